The van der Waals surface area contributed by atoms with Crippen LogP contribution in [0.15, 0.2) is 30.3 Å². The number of nitrogens with zero attached hydrogens (tertiary/aromatic N) is 2. The lowest BCUT2D eigenvalue weighted by Gasteiger charge is -2.54. The van der Waals surface area contributed by atoms with Gasteiger partial charge in [-0.1, -0.05) is 44.2 Å². The van der Waals surface area contributed by atoms with Crippen molar-refractivity contribution in [3.63, 3.8) is 0 Å². The summed E-state index contributed by atoms with van der Waals surface area (Å²) >= 11 is 0. The summed E-state index contributed by atoms with van der Waals surface area (Å²) < 4.78 is 5.90. The van der Waals surface area contributed by atoms with Crippen molar-refractivity contribution in [2.75, 3.05) is 46.4 Å². The van der Waals surface area contributed by atoms with Crippen LogP contribution in [0.1, 0.15) is 32.3 Å². The molecule has 1 saturated carbocycles. The van der Waals surface area contributed by atoms with Crippen molar-refractivity contribution in [1.29, 1.82) is 0 Å². The van der Waals surface area contributed by atoms with Gasteiger partial charge in [-0.25, -0.2) is 0 Å². The van der Waals surface area contributed by atoms with E-state index in [-0.39, 0.29) is 0 Å². The molecule has 1 aromatic rings. The second-order valence-electron chi connectivity index (χ2n) is 8.38. The van der Waals surface area contributed by atoms with E-state index < -0.39 is 0 Å². The number of rotatable bonds is 7. The van der Waals surface area contributed by atoms with Gasteiger partial charge < -0.3 is 14.5 Å². The van der Waals surface area contributed by atoms with Gasteiger partial charge in [-0.2, -0.15) is 0 Å². The Labute approximate surface area is 148 Å². The van der Waals surface area contributed by atoms with Crippen molar-refractivity contribution in [3.05, 3.63) is 35.9 Å². The van der Waals surface area contributed by atoms with Crippen LogP contribution >= 0.6 is 0 Å². The summed E-state index contributed by atoms with van der Waals surface area (Å²) in [5, 5.41) is 0. The highest BCUT2D eigenvalue weighted by Gasteiger charge is 2.47. The first-order valence-electron chi connectivity index (χ1n) is 9.58. The normalized spacial score (nSPS) is 27.8. The molecular weight excluding hydrogens is 296 g/mol. The summed E-state index contributed by atoms with van der Waals surface area (Å²) in [6.45, 7) is 12.8. The Morgan fingerprint density at radius 1 is 1.04 bits per heavy atom. The molecular formula is C21H34N2O. The van der Waals surface area contributed by atoms with Gasteiger partial charge in [0.05, 0.1) is 6.61 Å². The first kappa shape index (κ1) is 17.9. The van der Waals surface area contributed by atoms with Crippen LogP contribution in [-0.2, 0) is 11.3 Å². The highest BCUT2D eigenvalue weighted by atomic mass is 16.5. The molecule has 1 aliphatic heterocycles. The highest BCUT2D eigenvalue weighted by Crippen LogP contribution is 2.53. The van der Waals surface area contributed by atoms with Crippen LogP contribution in [-0.4, -0.2) is 56.2 Å². The van der Waals surface area contributed by atoms with Gasteiger partial charge in [-0.15, -0.1) is 0 Å². The average Bonchev–Trinajstić information content (AvgIpc) is 2.59. The van der Waals surface area contributed by atoms with E-state index in [9.17, 15) is 0 Å². The summed E-state index contributed by atoms with van der Waals surface area (Å²) in [4.78, 5) is 5.11. The van der Waals surface area contributed by atoms with Crippen LogP contribution in [0.4, 0.5) is 0 Å². The number of likely N-dealkylation sites (N-methyl/N-ethyl adjacent to an activating group) is 1. The second-order valence-corrected chi connectivity index (χ2v) is 8.38. The summed E-state index contributed by atoms with van der Waals surface area (Å²) in [5.41, 5.74) is 1.75. The Kier molecular flexibility index (Phi) is 5.96. The second kappa shape index (κ2) is 7.99. The van der Waals surface area contributed by atoms with Crippen molar-refractivity contribution < 1.29 is 4.74 Å². The lowest BCUT2D eigenvalue weighted by Crippen LogP contribution is -2.53. The van der Waals surface area contributed by atoms with Gasteiger partial charge in [0.2, 0.25) is 0 Å². The van der Waals surface area contributed by atoms with E-state index in [0.29, 0.717) is 5.41 Å². The van der Waals surface area contributed by atoms with Gasteiger partial charge in [0.25, 0.3) is 0 Å². The lowest BCUT2D eigenvalue weighted by atomic mass is 9.53. The highest BCUT2D eigenvalue weighted by molar-refractivity contribution is 5.13. The molecule has 3 rings (SSSR count). The Morgan fingerprint density at radius 3 is 2.42 bits per heavy atom. The number of hydrogen-bond donors (Lipinski definition) is 0. The quantitative estimate of drug-likeness (QED) is 0.712. The predicted octanol–water partition coefficient (Wildman–Crippen LogP) is 3.50. The predicted molar refractivity (Wildman–Crippen MR) is 100 cm³/mol. The Balaban J connectivity index is 1.35. The fraction of sp³-hybridized carbons (Fsp3) is 0.714. The molecule has 0 unspecified atom stereocenters. The van der Waals surface area contributed by atoms with Crippen LogP contribution in [0.5, 0.6) is 0 Å². The Hall–Kier alpha value is -0.900. The van der Waals surface area contributed by atoms with Crippen LogP contribution in [0.25, 0.3) is 0 Å². The maximum absolute atomic E-state index is 5.90. The number of benzene rings is 1. The van der Waals surface area contributed by atoms with E-state index in [0.717, 1.165) is 25.0 Å². The monoisotopic (exact) mass is 330 g/mol. The van der Waals surface area contributed by atoms with Crippen LogP contribution in [0, 0.1) is 17.3 Å². The summed E-state index contributed by atoms with van der Waals surface area (Å²) in [6, 6.07) is 10.5. The van der Waals surface area contributed by atoms with Gasteiger partial charge in [-0.05, 0) is 42.7 Å². The largest absolute Gasteiger partial charge is 0.377 e. The topological polar surface area (TPSA) is 15.7 Å². The number of ether oxygens (including phenoxy) is 1. The minimum Gasteiger partial charge on any atom is -0.377 e. The molecule has 134 valence electrons. The maximum Gasteiger partial charge on any atom is 0.0716 e. The van der Waals surface area contributed by atoms with E-state index >= 15 is 0 Å². The minimum atomic E-state index is 0.472. The average molecular weight is 331 g/mol. The summed E-state index contributed by atoms with van der Waals surface area (Å²) in [5.74, 6) is 1.69. The molecule has 0 aromatic heterocycles. The van der Waals surface area contributed by atoms with E-state index in [2.05, 4.69) is 61.0 Å². The number of hydrogen-bond acceptors (Lipinski definition) is 3. The molecule has 0 spiro atoms. The molecule has 3 heteroatoms. The molecule has 0 bridgehead atoms. The molecule has 3 nitrogen and oxygen atoms in total. The molecule has 24 heavy (non-hydrogen) atoms. The third kappa shape index (κ3) is 4.38. The zero-order valence-electron chi connectivity index (χ0n) is 15.7. The molecule has 1 aromatic carbocycles. The molecule has 1 saturated heterocycles. The molecule has 2 fully saturated rings. The molecule has 2 aliphatic rings. The minimum absolute atomic E-state index is 0.472. The fourth-order valence-corrected chi connectivity index (χ4v) is 4.26. The van der Waals surface area contributed by atoms with Crippen LogP contribution < -0.4 is 0 Å². The molecule has 0 radical (unpaired) electrons. The van der Waals surface area contributed by atoms with Crippen molar-refractivity contribution in [2.45, 2.75) is 33.3 Å². The molecule has 1 aliphatic carbocycles. The van der Waals surface area contributed by atoms with Crippen molar-refractivity contribution in [1.82, 2.24) is 9.80 Å². The fourth-order valence-electron chi connectivity index (χ4n) is 4.26. The SMILES string of the molecule is CN1CCN(C[C@H]2C[C@@H](CCOCc3ccccc3)C2(C)C)CC1. The molecule has 0 N–H and O–H groups in total. The lowest BCUT2D eigenvalue weighted by molar-refractivity contribution is -0.0611. The van der Waals surface area contributed by atoms with Crippen LogP contribution in [0.3, 0.4) is 0 Å². The van der Waals surface area contributed by atoms with Crippen molar-refractivity contribution in [2.24, 2.45) is 17.3 Å². The van der Waals surface area contributed by atoms with E-state index in [4.69, 9.17) is 4.74 Å². The van der Waals surface area contributed by atoms with Crippen LogP contribution in [0.2, 0.25) is 0 Å². The van der Waals surface area contributed by atoms with Crippen molar-refractivity contribution in [3.8, 4) is 0 Å². The Bertz CT molecular complexity index is 494. The number of piperazine rings is 1. The van der Waals surface area contributed by atoms with Crippen molar-refractivity contribution >= 4 is 0 Å². The standard InChI is InChI=1S/C21H34N2O/c1-21(2)19(9-14-24-17-18-7-5-4-6-8-18)15-20(21)16-23-12-10-22(3)11-13-23/h4-8,19-20H,9-17H2,1-3H3/t19-,20-/m1/s1. The van der Waals surface area contributed by atoms with E-state index in [1.54, 1.807) is 0 Å². The third-order valence-corrected chi connectivity index (χ3v) is 6.47. The first-order chi connectivity index (χ1) is 11.6. The van der Waals surface area contributed by atoms with E-state index in [1.807, 2.05) is 0 Å². The molecule has 2 atom stereocenters. The van der Waals surface area contributed by atoms with Gasteiger partial charge in [0, 0.05) is 39.3 Å². The summed E-state index contributed by atoms with van der Waals surface area (Å²) in [7, 11) is 2.23. The molecule has 0 amide bonds. The van der Waals surface area contributed by atoms with Gasteiger partial charge >= 0.3 is 0 Å². The summed E-state index contributed by atoms with van der Waals surface area (Å²) in [6.07, 6.45) is 2.59. The smallest absolute Gasteiger partial charge is 0.0716 e. The van der Waals surface area contributed by atoms with Gasteiger partial charge in [0.1, 0.15) is 0 Å². The maximum atomic E-state index is 5.90. The first-order valence-corrected chi connectivity index (χ1v) is 9.58. The third-order valence-electron chi connectivity index (χ3n) is 6.47. The van der Waals surface area contributed by atoms with Gasteiger partial charge in [-0.3, -0.25) is 0 Å². The zero-order valence-corrected chi connectivity index (χ0v) is 15.7. The Morgan fingerprint density at radius 2 is 1.75 bits per heavy atom. The van der Waals surface area contributed by atoms with Gasteiger partial charge in [0.15, 0.2) is 0 Å². The zero-order chi connectivity index (χ0) is 17.0. The van der Waals surface area contributed by atoms with E-state index in [1.165, 1.54) is 51.1 Å². The molecule has 1 heterocycles.